The highest BCUT2D eigenvalue weighted by Gasteiger charge is 2.24. The van der Waals surface area contributed by atoms with E-state index in [0.717, 1.165) is 27.7 Å². The fourth-order valence-corrected chi connectivity index (χ4v) is 4.55. The number of fused-ring (bicyclic) bond motifs is 1. The van der Waals surface area contributed by atoms with E-state index in [9.17, 15) is 9.59 Å². The topological polar surface area (TPSA) is 90.5 Å². The van der Waals surface area contributed by atoms with Crippen LogP contribution in [0.5, 0.6) is 0 Å². The van der Waals surface area contributed by atoms with E-state index in [-0.39, 0.29) is 11.8 Å². The highest BCUT2D eigenvalue weighted by atomic mass is 16.2. The third-order valence-corrected chi connectivity index (χ3v) is 6.46. The molecule has 0 saturated carbocycles. The number of amides is 2. The van der Waals surface area contributed by atoms with Gasteiger partial charge in [-0.2, -0.15) is 0 Å². The van der Waals surface area contributed by atoms with Crippen LogP contribution in [0.3, 0.4) is 0 Å². The summed E-state index contributed by atoms with van der Waals surface area (Å²) in [4.78, 5) is 38.2. The Morgan fingerprint density at radius 1 is 0.838 bits per heavy atom. The summed E-state index contributed by atoms with van der Waals surface area (Å²) >= 11 is 0. The van der Waals surface area contributed by atoms with E-state index in [0.29, 0.717) is 50.9 Å². The van der Waals surface area contributed by atoms with Gasteiger partial charge in [-0.25, -0.2) is 9.97 Å². The molecule has 4 aromatic rings. The van der Waals surface area contributed by atoms with Gasteiger partial charge in [-0.1, -0.05) is 66.7 Å². The van der Waals surface area contributed by atoms with E-state index in [1.807, 2.05) is 83.8 Å². The Kier molecular flexibility index (Phi) is 7.26. The van der Waals surface area contributed by atoms with Gasteiger partial charge < -0.3 is 20.4 Å². The van der Waals surface area contributed by atoms with Crippen molar-refractivity contribution in [3.63, 3.8) is 0 Å². The van der Waals surface area contributed by atoms with Crippen molar-refractivity contribution in [1.29, 1.82) is 0 Å². The van der Waals surface area contributed by atoms with Gasteiger partial charge in [0.05, 0.1) is 0 Å². The molecule has 0 atom stereocenters. The Hall–Kier alpha value is -4.46. The van der Waals surface area contributed by atoms with E-state index in [4.69, 9.17) is 9.97 Å². The third-order valence-electron chi connectivity index (χ3n) is 6.46. The Bertz CT molecular complexity index is 1390. The van der Waals surface area contributed by atoms with Crippen LogP contribution in [0.25, 0.3) is 22.2 Å². The van der Waals surface area contributed by atoms with Crippen molar-refractivity contribution in [1.82, 2.24) is 20.2 Å². The molecule has 2 N–H and O–H groups in total. The van der Waals surface area contributed by atoms with Gasteiger partial charge in [0.15, 0.2) is 5.82 Å². The molecule has 1 aromatic heterocycles. The van der Waals surface area contributed by atoms with Gasteiger partial charge >= 0.3 is 0 Å². The summed E-state index contributed by atoms with van der Waals surface area (Å²) < 4.78 is 0. The molecule has 0 spiro atoms. The minimum Gasteiger partial charge on any atom is -0.368 e. The molecule has 1 aliphatic rings. The summed E-state index contributed by atoms with van der Waals surface area (Å²) in [6.07, 6.45) is 0. The normalized spacial score (nSPS) is 13.4. The second kappa shape index (κ2) is 11.1. The predicted octanol–water partition coefficient (Wildman–Crippen LogP) is 3.81. The van der Waals surface area contributed by atoms with Crippen molar-refractivity contribution in [2.75, 3.05) is 49.5 Å². The molecule has 0 aliphatic carbocycles. The maximum atomic E-state index is 13.4. The average molecular weight is 495 g/mol. The van der Waals surface area contributed by atoms with Crippen LogP contribution in [0.15, 0.2) is 78.9 Å². The lowest BCUT2D eigenvalue weighted by Gasteiger charge is -2.35. The first-order valence-electron chi connectivity index (χ1n) is 12.5. The lowest BCUT2D eigenvalue weighted by Crippen LogP contribution is -2.49. The number of piperazine rings is 1. The lowest BCUT2D eigenvalue weighted by molar-refractivity contribution is -0.118. The van der Waals surface area contributed by atoms with Crippen LogP contribution in [0.1, 0.15) is 17.3 Å². The molecule has 2 amide bonds. The second-order valence-corrected chi connectivity index (χ2v) is 9.02. The maximum Gasteiger partial charge on any atom is 0.254 e. The molecule has 8 nitrogen and oxygen atoms in total. The SMILES string of the molecule is CC(=O)NCCNc1cc(N2CCN(C(=O)c3cccc4ccccc34)CC2)nc(-c2ccccc2)n1. The van der Waals surface area contributed by atoms with Gasteiger partial charge in [-0.05, 0) is 16.8 Å². The Morgan fingerprint density at radius 2 is 1.57 bits per heavy atom. The zero-order valence-corrected chi connectivity index (χ0v) is 20.9. The average Bonchev–Trinajstić information content (AvgIpc) is 2.95. The van der Waals surface area contributed by atoms with Gasteiger partial charge in [0.2, 0.25) is 5.91 Å². The van der Waals surface area contributed by atoms with Crippen LogP contribution in [0.4, 0.5) is 11.6 Å². The number of benzene rings is 3. The van der Waals surface area contributed by atoms with E-state index in [1.54, 1.807) is 0 Å². The standard InChI is InChI=1S/C29H30N6O2/c1-21(36)30-14-15-31-26-20-27(33-28(32-26)23-9-3-2-4-10-23)34-16-18-35(19-17-34)29(37)25-13-7-11-22-8-5-6-12-24(22)25/h2-13,20H,14-19H2,1H3,(H,30,36)(H,31,32,33). The summed E-state index contributed by atoms with van der Waals surface area (Å²) in [5.74, 6) is 2.14. The molecule has 3 aromatic carbocycles. The number of aromatic nitrogens is 2. The Morgan fingerprint density at radius 3 is 2.35 bits per heavy atom. The number of carbonyl (C=O) groups excluding carboxylic acids is 2. The zero-order valence-electron chi connectivity index (χ0n) is 20.9. The fraction of sp³-hybridized carbons (Fsp3) is 0.241. The summed E-state index contributed by atoms with van der Waals surface area (Å²) in [5, 5.41) is 8.14. The van der Waals surface area contributed by atoms with Gasteiger partial charge in [0.25, 0.3) is 5.91 Å². The first-order chi connectivity index (χ1) is 18.1. The van der Waals surface area contributed by atoms with Crippen molar-refractivity contribution < 1.29 is 9.59 Å². The second-order valence-electron chi connectivity index (χ2n) is 9.02. The third kappa shape index (κ3) is 5.69. The minimum atomic E-state index is -0.0638. The Balaban J connectivity index is 1.32. The molecule has 1 fully saturated rings. The van der Waals surface area contributed by atoms with Crippen LogP contribution in [-0.4, -0.2) is 66.0 Å². The highest BCUT2D eigenvalue weighted by molar-refractivity contribution is 6.07. The van der Waals surface area contributed by atoms with Gasteiger partial charge in [0.1, 0.15) is 11.6 Å². The van der Waals surface area contributed by atoms with Crippen molar-refractivity contribution in [3.05, 3.63) is 84.4 Å². The summed E-state index contributed by atoms with van der Waals surface area (Å²) in [5.41, 5.74) is 1.67. The van der Waals surface area contributed by atoms with Crippen LogP contribution in [0.2, 0.25) is 0 Å². The van der Waals surface area contributed by atoms with Crippen LogP contribution in [0, 0.1) is 0 Å². The minimum absolute atomic E-state index is 0.0597. The van der Waals surface area contributed by atoms with Gasteiger partial charge in [-0.15, -0.1) is 0 Å². The molecular weight excluding hydrogens is 464 g/mol. The number of hydrogen-bond acceptors (Lipinski definition) is 6. The number of nitrogens with one attached hydrogen (secondary N) is 2. The van der Waals surface area contributed by atoms with Gasteiger partial charge in [-0.3, -0.25) is 9.59 Å². The van der Waals surface area contributed by atoms with Crippen molar-refractivity contribution in [2.24, 2.45) is 0 Å². The first-order valence-corrected chi connectivity index (χ1v) is 12.5. The number of anilines is 2. The van der Waals surface area contributed by atoms with E-state index in [1.165, 1.54) is 6.92 Å². The molecule has 0 radical (unpaired) electrons. The molecule has 2 heterocycles. The summed E-state index contributed by atoms with van der Waals surface area (Å²) in [6.45, 7) is 5.12. The number of rotatable bonds is 7. The predicted molar refractivity (Wildman–Crippen MR) is 147 cm³/mol. The molecule has 1 aliphatic heterocycles. The number of carbonyl (C=O) groups is 2. The van der Waals surface area contributed by atoms with E-state index in [2.05, 4.69) is 15.5 Å². The van der Waals surface area contributed by atoms with E-state index < -0.39 is 0 Å². The first kappa shape index (κ1) is 24.2. The lowest BCUT2D eigenvalue weighted by atomic mass is 10.0. The van der Waals surface area contributed by atoms with E-state index >= 15 is 0 Å². The molecule has 8 heteroatoms. The van der Waals surface area contributed by atoms with Crippen LogP contribution in [-0.2, 0) is 4.79 Å². The van der Waals surface area contributed by atoms with Crippen molar-refractivity contribution in [3.8, 4) is 11.4 Å². The molecule has 5 rings (SSSR count). The molecule has 37 heavy (non-hydrogen) atoms. The van der Waals surface area contributed by atoms with Crippen LogP contribution < -0.4 is 15.5 Å². The monoisotopic (exact) mass is 494 g/mol. The fourth-order valence-electron chi connectivity index (χ4n) is 4.55. The zero-order chi connectivity index (χ0) is 25.6. The maximum absolute atomic E-state index is 13.4. The summed E-state index contributed by atoms with van der Waals surface area (Å²) in [7, 11) is 0. The number of nitrogens with zero attached hydrogens (tertiary/aromatic N) is 4. The van der Waals surface area contributed by atoms with Gasteiger partial charge in [0, 0.05) is 63.4 Å². The number of hydrogen-bond donors (Lipinski definition) is 2. The molecule has 1 saturated heterocycles. The largest absolute Gasteiger partial charge is 0.368 e. The highest BCUT2D eigenvalue weighted by Crippen LogP contribution is 2.25. The Labute approximate surface area is 216 Å². The molecule has 188 valence electrons. The van der Waals surface area contributed by atoms with Crippen molar-refractivity contribution in [2.45, 2.75) is 6.92 Å². The molecular formula is C29H30N6O2. The molecule has 0 bridgehead atoms. The van der Waals surface area contributed by atoms with Crippen LogP contribution >= 0.6 is 0 Å². The quantitative estimate of drug-likeness (QED) is 0.380. The van der Waals surface area contributed by atoms with Crippen molar-refractivity contribution >= 4 is 34.2 Å². The smallest absolute Gasteiger partial charge is 0.254 e. The molecule has 0 unspecified atom stereocenters. The summed E-state index contributed by atoms with van der Waals surface area (Å²) in [6, 6.07) is 25.7.